The maximum Gasteiger partial charge on any atom is 0.325 e. The van der Waals surface area contributed by atoms with Gasteiger partial charge in [-0.1, -0.05) is 37.5 Å². The molecule has 3 amide bonds. The van der Waals surface area contributed by atoms with E-state index in [4.69, 9.17) is 0 Å². The van der Waals surface area contributed by atoms with Crippen LogP contribution in [0, 0.1) is 16.0 Å². The van der Waals surface area contributed by atoms with E-state index < -0.39 is 16.5 Å². The number of nitrogens with zero attached hydrogens (tertiary/aromatic N) is 2. The highest BCUT2D eigenvalue weighted by atomic mass is 16.6. The fourth-order valence-electron chi connectivity index (χ4n) is 3.81. The molecule has 2 aliphatic rings. The van der Waals surface area contributed by atoms with Gasteiger partial charge in [-0.25, -0.2) is 4.79 Å². The number of carbonyl (C=O) groups is 2. The molecule has 1 aromatic carbocycles. The highest BCUT2D eigenvalue weighted by Gasteiger charge is 2.52. The van der Waals surface area contributed by atoms with Crippen LogP contribution >= 0.6 is 0 Å². The molecule has 0 radical (unpaired) electrons. The average Bonchev–Trinajstić information content (AvgIpc) is 2.80. The molecular weight excluding hydrogens is 310 g/mol. The molecule has 3 rings (SSSR count). The second-order valence-corrected chi connectivity index (χ2v) is 6.74. The molecule has 7 heteroatoms. The van der Waals surface area contributed by atoms with Crippen molar-refractivity contribution in [3.8, 4) is 0 Å². The predicted octanol–water partition coefficient (Wildman–Crippen LogP) is 2.99. The summed E-state index contributed by atoms with van der Waals surface area (Å²) in [7, 11) is 0. The van der Waals surface area contributed by atoms with Gasteiger partial charge in [0.15, 0.2) is 0 Å². The van der Waals surface area contributed by atoms with E-state index in [0.29, 0.717) is 5.56 Å². The molecule has 1 aliphatic carbocycles. The van der Waals surface area contributed by atoms with Crippen LogP contribution in [0.15, 0.2) is 24.3 Å². The first-order chi connectivity index (χ1) is 11.4. The number of imide groups is 1. The Morgan fingerprint density at radius 1 is 1.25 bits per heavy atom. The predicted molar refractivity (Wildman–Crippen MR) is 87.2 cm³/mol. The number of hydrogen-bond donors (Lipinski definition) is 1. The molecule has 1 N–H and O–H groups in total. The first-order valence-corrected chi connectivity index (χ1v) is 8.30. The molecule has 1 aliphatic heterocycles. The number of benzene rings is 1. The van der Waals surface area contributed by atoms with E-state index in [1.807, 2.05) is 0 Å². The lowest BCUT2D eigenvalue weighted by Gasteiger charge is -2.34. The van der Waals surface area contributed by atoms with Gasteiger partial charge in [0.1, 0.15) is 5.54 Å². The van der Waals surface area contributed by atoms with Crippen molar-refractivity contribution in [2.24, 2.45) is 5.92 Å². The monoisotopic (exact) mass is 331 g/mol. The number of urea groups is 1. The minimum atomic E-state index is -0.902. The summed E-state index contributed by atoms with van der Waals surface area (Å²) in [5.74, 6) is -0.156. The molecule has 0 aromatic heterocycles. The first kappa shape index (κ1) is 16.4. The van der Waals surface area contributed by atoms with Crippen LogP contribution in [0.25, 0.3) is 0 Å². The molecule has 1 heterocycles. The van der Waals surface area contributed by atoms with Gasteiger partial charge >= 0.3 is 6.03 Å². The van der Waals surface area contributed by atoms with Crippen LogP contribution in [0.5, 0.6) is 0 Å². The van der Waals surface area contributed by atoms with Crippen molar-refractivity contribution in [1.82, 2.24) is 10.2 Å². The van der Waals surface area contributed by atoms with E-state index in [0.717, 1.165) is 37.0 Å². The second-order valence-electron chi connectivity index (χ2n) is 6.74. The minimum absolute atomic E-state index is 0.0792. The van der Waals surface area contributed by atoms with E-state index in [1.165, 1.54) is 6.07 Å². The molecule has 24 heavy (non-hydrogen) atoms. The highest BCUT2D eigenvalue weighted by molar-refractivity contribution is 6.07. The van der Waals surface area contributed by atoms with E-state index in [1.54, 1.807) is 25.1 Å². The van der Waals surface area contributed by atoms with Crippen molar-refractivity contribution < 1.29 is 14.5 Å². The standard InChI is InChI=1S/C17H21N3O4/c1-17(13-8-3-2-4-9-13)15(21)19(16(22)18-17)11-12-7-5-6-10-14(12)20(23)24/h5-7,10,13H,2-4,8-9,11H2,1H3,(H,18,22)/t17-/m0/s1. The van der Waals surface area contributed by atoms with Crippen LogP contribution in [0.3, 0.4) is 0 Å². The number of hydrogen-bond acceptors (Lipinski definition) is 4. The number of rotatable bonds is 4. The molecule has 1 saturated heterocycles. The van der Waals surface area contributed by atoms with Gasteiger partial charge in [0.05, 0.1) is 11.5 Å². The summed E-state index contributed by atoms with van der Waals surface area (Å²) in [6, 6.07) is 5.73. The fraction of sp³-hybridized carbons (Fsp3) is 0.529. The summed E-state index contributed by atoms with van der Waals surface area (Å²) >= 11 is 0. The lowest BCUT2D eigenvalue weighted by atomic mass is 9.75. The fourth-order valence-corrected chi connectivity index (χ4v) is 3.81. The van der Waals surface area contributed by atoms with Crippen LogP contribution in [0.2, 0.25) is 0 Å². The summed E-state index contributed by atoms with van der Waals surface area (Å²) in [6.07, 6.45) is 5.12. The normalized spacial score (nSPS) is 25.0. The largest absolute Gasteiger partial charge is 0.325 e. The summed E-state index contributed by atoms with van der Waals surface area (Å²) < 4.78 is 0. The third kappa shape index (κ3) is 2.74. The number of nitrogens with one attached hydrogen (secondary N) is 1. The Labute approximate surface area is 140 Å². The van der Waals surface area contributed by atoms with Crippen molar-refractivity contribution in [2.45, 2.75) is 51.1 Å². The smallest absolute Gasteiger partial charge is 0.323 e. The number of nitro benzene ring substituents is 1. The Kier molecular flexibility index (Phi) is 4.26. The molecule has 0 unspecified atom stereocenters. The van der Waals surface area contributed by atoms with Crippen LogP contribution in [-0.2, 0) is 11.3 Å². The zero-order chi connectivity index (χ0) is 17.3. The van der Waals surface area contributed by atoms with Crippen LogP contribution in [0.1, 0.15) is 44.6 Å². The molecule has 1 saturated carbocycles. The Hall–Kier alpha value is -2.44. The third-order valence-electron chi connectivity index (χ3n) is 5.24. The van der Waals surface area contributed by atoms with E-state index in [9.17, 15) is 19.7 Å². The molecule has 0 spiro atoms. The van der Waals surface area contributed by atoms with Crippen LogP contribution in [0.4, 0.5) is 10.5 Å². The van der Waals surface area contributed by atoms with Crippen molar-refractivity contribution in [2.75, 3.05) is 0 Å². The molecule has 1 aromatic rings. The summed E-state index contributed by atoms with van der Waals surface area (Å²) in [4.78, 5) is 37.0. The number of nitro groups is 1. The lowest BCUT2D eigenvalue weighted by molar-refractivity contribution is -0.385. The van der Waals surface area contributed by atoms with Gasteiger partial charge in [-0.3, -0.25) is 19.8 Å². The summed E-state index contributed by atoms with van der Waals surface area (Å²) in [5, 5.41) is 14.0. The van der Waals surface area contributed by atoms with Crippen LogP contribution in [-0.4, -0.2) is 27.3 Å². The van der Waals surface area contributed by atoms with E-state index in [2.05, 4.69) is 5.32 Å². The Bertz CT molecular complexity index is 684. The second kappa shape index (κ2) is 6.22. The van der Waals surface area contributed by atoms with Gasteiger partial charge in [-0.05, 0) is 25.7 Å². The molecule has 7 nitrogen and oxygen atoms in total. The van der Waals surface area contributed by atoms with Gasteiger partial charge in [0.2, 0.25) is 0 Å². The maximum absolute atomic E-state index is 12.9. The van der Waals surface area contributed by atoms with Gasteiger partial charge in [-0.2, -0.15) is 0 Å². The van der Waals surface area contributed by atoms with Crippen LogP contribution < -0.4 is 5.32 Å². The number of amides is 3. The maximum atomic E-state index is 12.9. The molecule has 1 atom stereocenters. The summed E-state index contributed by atoms with van der Waals surface area (Å²) in [5.41, 5.74) is -0.621. The van der Waals surface area contributed by atoms with Gasteiger partial charge in [0, 0.05) is 11.6 Å². The zero-order valence-corrected chi connectivity index (χ0v) is 13.7. The molecule has 128 valence electrons. The SMILES string of the molecule is C[C@@]1(C2CCCCC2)NC(=O)N(Cc2ccccc2[N+](=O)[O-])C1=O. The third-order valence-corrected chi connectivity index (χ3v) is 5.24. The Balaban J connectivity index is 1.84. The van der Waals surface area contributed by atoms with Gasteiger partial charge in [-0.15, -0.1) is 0 Å². The molecular formula is C17H21N3O4. The van der Waals surface area contributed by atoms with E-state index >= 15 is 0 Å². The minimum Gasteiger partial charge on any atom is -0.323 e. The van der Waals surface area contributed by atoms with E-state index in [-0.39, 0.29) is 24.1 Å². The quantitative estimate of drug-likeness (QED) is 0.521. The topological polar surface area (TPSA) is 92.6 Å². The molecule has 2 fully saturated rings. The lowest BCUT2D eigenvalue weighted by Crippen LogP contribution is -2.51. The first-order valence-electron chi connectivity index (χ1n) is 8.30. The van der Waals surface area contributed by atoms with Gasteiger partial charge < -0.3 is 5.32 Å². The van der Waals surface area contributed by atoms with Gasteiger partial charge in [0.25, 0.3) is 11.6 Å². The van der Waals surface area contributed by atoms with Crippen molar-refractivity contribution >= 4 is 17.6 Å². The number of para-hydroxylation sites is 1. The Morgan fingerprint density at radius 2 is 1.92 bits per heavy atom. The average molecular weight is 331 g/mol. The highest BCUT2D eigenvalue weighted by Crippen LogP contribution is 2.37. The summed E-state index contributed by atoms with van der Waals surface area (Å²) in [6.45, 7) is 1.70. The Morgan fingerprint density at radius 3 is 2.58 bits per heavy atom. The van der Waals surface area contributed by atoms with Crippen molar-refractivity contribution in [3.63, 3.8) is 0 Å². The number of carbonyl (C=O) groups excluding carboxylic acids is 2. The van der Waals surface area contributed by atoms with Crippen molar-refractivity contribution in [3.05, 3.63) is 39.9 Å². The zero-order valence-electron chi connectivity index (χ0n) is 13.7. The molecule has 0 bridgehead atoms. The van der Waals surface area contributed by atoms with Crippen molar-refractivity contribution in [1.29, 1.82) is 0 Å².